The van der Waals surface area contributed by atoms with Gasteiger partial charge in [-0.25, -0.2) is 18.3 Å². The van der Waals surface area contributed by atoms with Crippen molar-refractivity contribution in [3.8, 4) is 0 Å². The van der Waals surface area contributed by atoms with E-state index >= 15 is 0 Å². The molecule has 0 aromatic carbocycles. The number of carbonyl (C=O) groups excluding carboxylic acids is 2. The first-order valence-electron chi connectivity index (χ1n) is 15.4. The van der Waals surface area contributed by atoms with Crippen LogP contribution in [0.5, 0.6) is 0 Å². The molecule has 2 aliphatic heterocycles. The number of amides is 2. The Morgan fingerprint density at radius 2 is 2.11 bits per heavy atom. The van der Waals surface area contributed by atoms with Crippen LogP contribution in [-0.2, 0) is 22.5 Å². The highest BCUT2D eigenvalue weighted by Crippen LogP contribution is 2.42. The van der Waals surface area contributed by atoms with Crippen LogP contribution in [0.4, 0.5) is 22.0 Å². The molecular weight excluding hydrogens is 601 g/mol. The fourth-order valence-electron chi connectivity index (χ4n) is 6.92. The molecule has 2 amide bonds. The number of imidazole rings is 1. The minimum Gasteiger partial charge on any atom is -0.381 e. The quantitative estimate of drug-likeness (QED) is 0.349. The Kier molecular flexibility index (Phi) is 8.57. The summed E-state index contributed by atoms with van der Waals surface area (Å²) in [6.07, 6.45) is -0.941. The molecule has 3 aliphatic rings. The third kappa shape index (κ3) is 6.68. The summed E-state index contributed by atoms with van der Waals surface area (Å²) in [5.74, 6) is -7.08. The van der Waals surface area contributed by atoms with Crippen molar-refractivity contribution in [2.75, 3.05) is 19.8 Å². The predicted octanol–water partition coefficient (Wildman–Crippen LogP) is 4.60. The molecule has 1 unspecified atom stereocenters. The van der Waals surface area contributed by atoms with E-state index in [1.54, 1.807) is 18.3 Å². The van der Waals surface area contributed by atoms with Crippen molar-refractivity contribution in [1.29, 1.82) is 0 Å². The van der Waals surface area contributed by atoms with E-state index in [1.807, 2.05) is 6.92 Å². The number of aryl methyl sites for hydroxylation is 1. The fraction of sp³-hybridized carbons (Fsp3) is 0.633. The summed E-state index contributed by atoms with van der Waals surface area (Å²) < 4.78 is 78.4. The van der Waals surface area contributed by atoms with Crippen LogP contribution in [0.15, 0.2) is 24.5 Å². The normalized spacial score (nSPS) is 26.1. The topological polar surface area (TPSA) is 115 Å². The highest BCUT2D eigenvalue weighted by molar-refractivity contribution is 5.92. The number of halogens is 5. The molecule has 0 bridgehead atoms. The van der Waals surface area contributed by atoms with Crippen LogP contribution in [0.1, 0.15) is 84.8 Å². The van der Waals surface area contributed by atoms with Gasteiger partial charge in [-0.05, 0) is 56.2 Å². The van der Waals surface area contributed by atoms with Crippen molar-refractivity contribution in [3.63, 3.8) is 0 Å². The zero-order valence-corrected chi connectivity index (χ0v) is 24.8. The molecule has 2 saturated heterocycles. The number of hydrogen-bond acceptors (Lipinski definition) is 6. The van der Waals surface area contributed by atoms with Gasteiger partial charge in [0.05, 0.1) is 36.2 Å². The van der Waals surface area contributed by atoms with E-state index in [1.165, 1.54) is 15.4 Å². The molecule has 244 valence electrons. The van der Waals surface area contributed by atoms with Crippen molar-refractivity contribution in [3.05, 3.63) is 47.2 Å². The van der Waals surface area contributed by atoms with E-state index in [9.17, 15) is 31.5 Å². The van der Waals surface area contributed by atoms with Gasteiger partial charge in [-0.15, -0.1) is 0 Å². The average Bonchev–Trinajstić information content (AvgIpc) is 3.76. The highest BCUT2D eigenvalue weighted by atomic mass is 19.4. The summed E-state index contributed by atoms with van der Waals surface area (Å²) in [6.45, 7) is 2.72. The Balaban J connectivity index is 1.36. The first-order valence-corrected chi connectivity index (χ1v) is 15.4. The van der Waals surface area contributed by atoms with E-state index in [4.69, 9.17) is 14.8 Å². The third-order valence-corrected chi connectivity index (χ3v) is 9.32. The zero-order valence-electron chi connectivity index (χ0n) is 24.8. The van der Waals surface area contributed by atoms with Gasteiger partial charge in [0.1, 0.15) is 5.69 Å². The second-order valence-corrected chi connectivity index (χ2v) is 12.4. The lowest BCUT2D eigenvalue weighted by Crippen LogP contribution is -2.47. The smallest absolute Gasteiger partial charge is 0.381 e. The maximum atomic E-state index is 14.6. The molecule has 45 heavy (non-hydrogen) atoms. The Morgan fingerprint density at radius 3 is 2.82 bits per heavy atom. The Hall–Kier alpha value is -3.62. The van der Waals surface area contributed by atoms with Crippen molar-refractivity contribution < 1.29 is 36.3 Å². The summed E-state index contributed by atoms with van der Waals surface area (Å²) in [4.78, 5) is 30.8. The van der Waals surface area contributed by atoms with Gasteiger partial charge in [0, 0.05) is 57.0 Å². The van der Waals surface area contributed by atoms with Gasteiger partial charge >= 0.3 is 6.18 Å². The number of nitrogens with one attached hydrogen (secondary N) is 2. The van der Waals surface area contributed by atoms with Crippen molar-refractivity contribution >= 4 is 17.5 Å². The second-order valence-electron chi connectivity index (χ2n) is 12.4. The standard InChI is InChI=1S/C30H36F5N7O3/c1-2-41-24(5-8-37-41)28(44)39-26(17-4-3-7-29(31,32)13-17)23-15-42-25(38-23)12-21(18-6-9-45-16-18)22(40-42)11-19-10-20(30(33,34)35)14-36-27(19)43/h5,8,12,15,17-20,26H,2-4,6-7,9-11,13-14,16H2,1H3,(H,36,43)(H,39,44)/t17-,18?,19-,20-,26+/m1/s1. The van der Waals surface area contributed by atoms with Crippen LogP contribution >= 0.6 is 0 Å². The van der Waals surface area contributed by atoms with E-state index in [-0.39, 0.29) is 25.2 Å². The van der Waals surface area contributed by atoms with Gasteiger partial charge in [-0.1, -0.05) is 0 Å². The van der Waals surface area contributed by atoms with Crippen LogP contribution in [-0.4, -0.2) is 68.1 Å². The predicted molar refractivity (Wildman–Crippen MR) is 151 cm³/mol. The molecule has 0 spiro atoms. The first-order chi connectivity index (χ1) is 21.4. The van der Waals surface area contributed by atoms with Gasteiger partial charge in [0.15, 0.2) is 5.65 Å². The van der Waals surface area contributed by atoms with Crippen molar-refractivity contribution in [1.82, 2.24) is 35.0 Å². The van der Waals surface area contributed by atoms with Gasteiger partial charge in [0.2, 0.25) is 11.8 Å². The van der Waals surface area contributed by atoms with Crippen LogP contribution in [0, 0.1) is 17.8 Å². The van der Waals surface area contributed by atoms with Gasteiger partial charge in [-0.3, -0.25) is 14.3 Å². The molecule has 0 radical (unpaired) electrons. The number of alkyl halides is 5. The second kappa shape index (κ2) is 12.3. The van der Waals surface area contributed by atoms with Crippen LogP contribution in [0.3, 0.4) is 0 Å². The Labute approximate surface area is 256 Å². The largest absolute Gasteiger partial charge is 0.393 e. The van der Waals surface area contributed by atoms with E-state index in [0.29, 0.717) is 61.7 Å². The highest BCUT2D eigenvalue weighted by Gasteiger charge is 2.45. The molecule has 2 N–H and O–H groups in total. The van der Waals surface area contributed by atoms with Crippen LogP contribution in [0.2, 0.25) is 0 Å². The lowest BCUT2D eigenvalue weighted by molar-refractivity contribution is -0.183. The number of piperidine rings is 1. The molecule has 10 nitrogen and oxygen atoms in total. The zero-order chi connectivity index (χ0) is 31.9. The minimum atomic E-state index is -4.44. The van der Waals surface area contributed by atoms with E-state index in [0.717, 1.165) is 5.56 Å². The Morgan fingerprint density at radius 1 is 1.29 bits per heavy atom. The molecule has 1 saturated carbocycles. The molecule has 6 rings (SSSR count). The van der Waals surface area contributed by atoms with Crippen molar-refractivity contribution in [2.45, 2.75) is 82.5 Å². The number of ether oxygens (including phenoxy) is 1. The Bertz CT molecular complexity index is 1550. The lowest BCUT2D eigenvalue weighted by atomic mass is 9.80. The molecule has 5 atom stereocenters. The maximum Gasteiger partial charge on any atom is 0.393 e. The van der Waals surface area contributed by atoms with Gasteiger partial charge < -0.3 is 15.4 Å². The van der Waals surface area contributed by atoms with Crippen LogP contribution in [0.25, 0.3) is 5.65 Å². The minimum absolute atomic E-state index is 0.0102. The molecular formula is C30H36F5N7O3. The van der Waals surface area contributed by atoms with Gasteiger partial charge in [0.25, 0.3) is 5.91 Å². The first kappa shape index (κ1) is 31.4. The average molecular weight is 638 g/mol. The number of hydrogen-bond donors (Lipinski definition) is 2. The van der Waals surface area contributed by atoms with Crippen molar-refractivity contribution in [2.24, 2.45) is 17.8 Å². The number of carbonyl (C=O) groups is 2. The number of nitrogens with zero attached hydrogens (tertiary/aromatic N) is 5. The van der Waals surface area contributed by atoms with Crippen LogP contribution < -0.4 is 10.6 Å². The summed E-state index contributed by atoms with van der Waals surface area (Å²) >= 11 is 0. The maximum absolute atomic E-state index is 14.6. The molecule has 3 aromatic heterocycles. The molecule has 1 aliphatic carbocycles. The monoisotopic (exact) mass is 637 g/mol. The SMILES string of the molecule is CCn1nccc1C(=O)N[C@H](c1cn2nc(C[C@H]3C[C@@H](C(F)(F)F)CNC3=O)c(C3CCOC3)cc2n1)[C@@H]1CCCC(F)(F)C1. The fourth-order valence-corrected chi connectivity index (χ4v) is 6.92. The molecule has 3 fully saturated rings. The number of rotatable bonds is 8. The van der Waals surface area contributed by atoms with E-state index < -0.39 is 60.7 Å². The summed E-state index contributed by atoms with van der Waals surface area (Å²) in [6, 6.07) is 2.49. The number of fused-ring (bicyclic) bond motifs is 1. The van der Waals surface area contributed by atoms with E-state index in [2.05, 4.69) is 15.7 Å². The number of aromatic nitrogens is 5. The summed E-state index contributed by atoms with van der Waals surface area (Å²) in [7, 11) is 0. The van der Waals surface area contributed by atoms with Gasteiger partial charge in [-0.2, -0.15) is 23.4 Å². The molecule has 3 aromatic rings. The lowest BCUT2D eigenvalue weighted by Gasteiger charge is -2.34. The third-order valence-electron chi connectivity index (χ3n) is 9.32. The summed E-state index contributed by atoms with van der Waals surface area (Å²) in [5, 5.41) is 14.2. The summed E-state index contributed by atoms with van der Waals surface area (Å²) in [5.41, 5.74) is 2.23. The molecule has 15 heteroatoms. The molecule has 5 heterocycles.